The summed E-state index contributed by atoms with van der Waals surface area (Å²) in [6.07, 6.45) is 2.69. The van der Waals surface area contributed by atoms with Gasteiger partial charge in [-0.25, -0.2) is 0 Å². The van der Waals surface area contributed by atoms with Gasteiger partial charge in [0, 0.05) is 35.6 Å². The number of likely N-dealkylation sites (tertiary alicyclic amines) is 2. The molecule has 0 aliphatic carbocycles. The van der Waals surface area contributed by atoms with Gasteiger partial charge in [0.2, 0.25) is 35.4 Å². The summed E-state index contributed by atoms with van der Waals surface area (Å²) in [4.78, 5) is 61.5. The number of nitrogens with one attached hydrogen (secondary N) is 2. The maximum atomic E-state index is 13.7. The van der Waals surface area contributed by atoms with Gasteiger partial charge in [-0.05, 0) is 114 Å². The molecule has 0 spiro atoms. The van der Waals surface area contributed by atoms with Gasteiger partial charge in [-0.15, -0.1) is 10.2 Å². The quantitative estimate of drug-likeness (QED) is 0.159. The lowest BCUT2D eigenvalue weighted by molar-refractivity contribution is -0.141. The molecule has 0 unspecified atom stereocenters. The van der Waals surface area contributed by atoms with Crippen LogP contribution in [-0.2, 0) is 19.2 Å². The van der Waals surface area contributed by atoms with Gasteiger partial charge >= 0.3 is 0 Å². The third-order valence-electron chi connectivity index (χ3n) is 10.6. The molecule has 1 aromatic heterocycles. The Labute approximate surface area is 332 Å². The number of anilines is 2. The average Bonchev–Trinajstić information content (AvgIpc) is 4.01. The zero-order chi connectivity index (χ0) is 40.1. The van der Waals surface area contributed by atoms with E-state index in [1.54, 1.807) is 58.3 Å². The summed E-state index contributed by atoms with van der Waals surface area (Å²) in [7, 11) is 7.49. The van der Waals surface area contributed by atoms with Crippen LogP contribution in [0.15, 0.2) is 114 Å². The average molecular weight is 769 g/mol. The molecule has 13 heteroatoms. The van der Waals surface area contributed by atoms with Crippen molar-refractivity contribution in [3.8, 4) is 22.9 Å². The van der Waals surface area contributed by atoms with E-state index in [9.17, 15) is 19.2 Å². The maximum Gasteiger partial charge on any atom is 0.248 e. The molecule has 3 heterocycles. The molecule has 4 aromatic carbocycles. The van der Waals surface area contributed by atoms with Gasteiger partial charge in [0.05, 0.1) is 0 Å². The summed E-state index contributed by atoms with van der Waals surface area (Å²) in [6.45, 7) is 1.05. The summed E-state index contributed by atoms with van der Waals surface area (Å²) in [6, 6.07) is 31.4. The summed E-state index contributed by atoms with van der Waals surface area (Å²) < 4.78 is 6.00. The Morgan fingerprint density at radius 1 is 0.579 bits per heavy atom. The standard InChI is InChI=1S/C44H48N8O5/c1-49(2)37(29-13-7-5-8-14-29)43(55)51-27-11-17-35(51)39(53)45-33-23-19-31(20-24-33)41-47-48-42(57-41)32-21-25-34(26-22-32)46-40(54)36-18-12-28-52(36)44(56)38(50(3)4)30-15-9-6-10-16-30/h5-10,13-16,19-26,35-38H,11-12,17-18,27-28H2,1-4H3,(H,45,53)(H,46,54)/t35-,36-,37-,38-/m0/s1. The first kappa shape index (κ1) is 39.1. The Kier molecular flexibility index (Phi) is 11.9. The van der Waals surface area contributed by atoms with Gasteiger partial charge in [-0.2, -0.15) is 0 Å². The SMILES string of the molecule is CN(C)[C@H](C(=O)N1CCC[C@H]1C(=O)Nc1ccc(-c2nnc(-c3ccc(NC(=O)[C@@H]4CCCN4C(=O)[C@H](c4ccccc4)N(C)C)cc3)o2)cc1)c1ccccc1. The fourth-order valence-electron chi connectivity index (χ4n) is 7.81. The summed E-state index contributed by atoms with van der Waals surface area (Å²) in [5.41, 5.74) is 4.30. The second kappa shape index (κ2) is 17.3. The summed E-state index contributed by atoms with van der Waals surface area (Å²) in [5, 5.41) is 14.4. The van der Waals surface area contributed by atoms with Gasteiger partial charge < -0.3 is 24.9 Å². The molecule has 2 aliphatic heterocycles. The normalized spacial score (nSPS) is 17.8. The van der Waals surface area contributed by atoms with Gasteiger partial charge in [-0.3, -0.25) is 29.0 Å². The Morgan fingerprint density at radius 3 is 1.30 bits per heavy atom. The minimum atomic E-state index is -0.566. The minimum Gasteiger partial charge on any atom is -0.416 e. The van der Waals surface area contributed by atoms with Crippen molar-refractivity contribution in [2.45, 2.75) is 49.9 Å². The van der Waals surface area contributed by atoms with E-state index in [0.29, 0.717) is 60.2 Å². The first-order chi connectivity index (χ1) is 27.6. The third kappa shape index (κ3) is 8.64. The zero-order valence-corrected chi connectivity index (χ0v) is 32.7. The Hall–Kier alpha value is -6.18. The largest absolute Gasteiger partial charge is 0.416 e. The second-order valence-corrected chi connectivity index (χ2v) is 15.0. The molecule has 13 nitrogen and oxygen atoms in total. The number of hydrogen-bond acceptors (Lipinski definition) is 9. The van der Waals surface area contributed by atoms with E-state index in [0.717, 1.165) is 24.0 Å². The summed E-state index contributed by atoms with van der Waals surface area (Å²) in [5.74, 6) is -0.0233. The van der Waals surface area contributed by atoms with Crippen molar-refractivity contribution in [2.75, 3.05) is 51.9 Å². The van der Waals surface area contributed by atoms with Crippen molar-refractivity contribution < 1.29 is 23.6 Å². The van der Waals surface area contributed by atoms with Crippen LogP contribution in [0.4, 0.5) is 11.4 Å². The number of rotatable bonds is 12. The Bertz CT molecular complexity index is 2020. The van der Waals surface area contributed by atoms with Gasteiger partial charge in [0.15, 0.2) is 0 Å². The molecular weight excluding hydrogens is 721 g/mol. The van der Waals surface area contributed by atoms with Crippen LogP contribution in [0.3, 0.4) is 0 Å². The smallest absolute Gasteiger partial charge is 0.248 e. The van der Waals surface area contributed by atoms with E-state index < -0.39 is 24.2 Å². The number of carbonyl (C=O) groups excluding carboxylic acids is 4. The van der Waals surface area contributed by atoms with E-state index in [4.69, 9.17) is 4.42 Å². The molecule has 2 N–H and O–H groups in total. The monoisotopic (exact) mass is 768 g/mol. The second-order valence-electron chi connectivity index (χ2n) is 15.0. The molecule has 57 heavy (non-hydrogen) atoms. The number of amides is 4. The number of benzene rings is 4. The molecule has 294 valence electrons. The van der Waals surface area contributed by atoms with Crippen molar-refractivity contribution in [3.63, 3.8) is 0 Å². The molecule has 2 saturated heterocycles. The molecule has 0 bridgehead atoms. The van der Waals surface area contributed by atoms with Crippen LogP contribution in [0.2, 0.25) is 0 Å². The third-order valence-corrected chi connectivity index (χ3v) is 10.6. The van der Waals surface area contributed by atoms with Crippen LogP contribution in [0, 0.1) is 0 Å². The van der Waals surface area contributed by atoms with Crippen molar-refractivity contribution in [3.05, 3.63) is 120 Å². The predicted molar refractivity (Wildman–Crippen MR) is 218 cm³/mol. The van der Waals surface area contributed by atoms with Crippen molar-refractivity contribution in [1.82, 2.24) is 29.8 Å². The Morgan fingerprint density at radius 2 is 0.947 bits per heavy atom. The molecule has 0 saturated carbocycles. The van der Waals surface area contributed by atoms with Crippen molar-refractivity contribution in [2.24, 2.45) is 0 Å². The predicted octanol–water partition coefficient (Wildman–Crippen LogP) is 5.87. The molecular formula is C44H48N8O5. The minimum absolute atomic E-state index is 0.0903. The Balaban J connectivity index is 0.951. The van der Waals surface area contributed by atoms with Crippen molar-refractivity contribution in [1.29, 1.82) is 0 Å². The first-order valence-corrected chi connectivity index (χ1v) is 19.3. The molecule has 0 radical (unpaired) electrons. The fourth-order valence-corrected chi connectivity index (χ4v) is 7.81. The molecule has 4 atom stereocenters. The van der Waals surface area contributed by atoms with Gasteiger partial charge in [0.25, 0.3) is 0 Å². The first-order valence-electron chi connectivity index (χ1n) is 19.3. The lowest BCUT2D eigenvalue weighted by atomic mass is 10.0. The zero-order valence-electron chi connectivity index (χ0n) is 32.7. The molecule has 7 rings (SSSR count). The fraction of sp³-hybridized carbons (Fsp3) is 0.318. The molecule has 2 aliphatic rings. The highest BCUT2D eigenvalue weighted by Gasteiger charge is 2.40. The highest BCUT2D eigenvalue weighted by molar-refractivity contribution is 5.99. The number of nitrogens with zero attached hydrogens (tertiary/aromatic N) is 6. The van der Waals surface area contributed by atoms with E-state index in [-0.39, 0.29) is 23.6 Å². The topological polar surface area (TPSA) is 144 Å². The number of aromatic nitrogens is 2. The lowest BCUT2D eigenvalue weighted by Gasteiger charge is -2.31. The van der Waals surface area contributed by atoms with Crippen LogP contribution in [-0.4, -0.2) is 107 Å². The molecule has 4 amide bonds. The number of hydrogen-bond donors (Lipinski definition) is 2. The lowest BCUT2D eigenvalue weighted by Crippen LogP contribution is -2.47. The van der Waals surface area contributed by atoms with E-state index in [2.05, 4.69) is 20.8 Å². The highest BCUT2D eigenvalue weighted by Crippen LogP contribution is 2.30. The molecule has 2 fully saturated rings. The number of likely N-dealkylation sites (N-methyl/N-ethyl adjacent to an activating group) is 2. The molecule has 5 aromatic rings. The van der Waals surface area contributed by atoms with Gasteiger partial charge in [0.1, 0.15) is 24.2 Å². The maximum absolute atomic E-state index is 13.7. The van der Waals surface area contributed by atoms with Crippen LogP contribution in [0.5, 0.6) is 0 Å². The van der Waals surface area contributed by atoms with Crippen molar-refractivity contribution >= 4 is 35.0 Å². The van der Waals surface area contributed by atoms with E-state index in [1.165, 1.54) is 0 Å². The summed E-state index contributed by atoms with van der Waals surface area (Å²) >= 11 is 0. The van der Waals surface area contributed by atoms with Gasteiger partial charge in [-0.1, -0.05) is 60.7 Å². The van der Waals surface area contributed by atoms with Crippen LogP contribution >= 0.6 is 0 Å². The highest BCUT2D eigenvalue weighted by atomic mass is 16.4. The number of carbonyl (C=O) groups is 4. The van der Waals surface area contributed by atoms with E-state index >= 15 is 0 Å². The van der Waals surface area contributed by atoms with Crippen LogP contribution < -0.4 is 10.6 Å². The van der Waals surface area contributed by atoms with E-state index in [1.807, 2.05) is 98.7 Å². The van der Waals surface area contributed by atoms with Crippen LogP contribution in [0.1, 0.15) is 48.9 Å². The van der Waals surface area contributed by atoms with Crippen LogP contribution in [0.25, 0.3) is 22.9 Å².